The molecule has 1 unspecified atom stereocenters. The minimum Gasteiger partial charge on any atom is -0.339 e. The molecule has 1 aromatic heterocycles. The molecule has 3 aliphatic heterocycles. The second-order valence-electron chi connectivity index (χ2n) is 10.3. The number of sulfonamides is 1. The third-order valence-corrected chi connectivity index (χ3v) is 11.0. The number of hydrogen-bond acceptors (Lipinski definition) is 6. The van der Waals surface area contributed by atoms with Gasteiger partial charge < -0.3 is 15.1 Å². The summed E-state index contributed by atoms with van der Waals surface area (Å²) in [4.78, 5) is 43.4. The van der Waals surface area contributed by atoms with Crippen molar-refractivity contribution in [2.45, 2.75) is 69.9 Å². The third-order valence-electron chi connectivity index (χ3n) is 7.80. The lowest BCUT2D eigenvalue weighted by molar-refractivity contribution is -0.129. The first-order valence-electron chi connectivity index (χ1n) is 13.3. The number of thiophene rings is 1. The Balaban J connectivity index is 1.39. The Morgan fingerprint density at radius 2 is 1.63 bits per heavy atom. The van der Waals surface area contributed by atoms with Crippen molar-refractivity contribution in [2.75, 3.05) is 31.5 Å². The molecule has 204 valence electrons. The molecular weight excluding hydrogens is 524 g/mol. The van der Waals surface area contributed by atoms with Crippen molar-refractivity contribution in [3.05, 3.63) is 45.8 Å². The normalized spacial score (nSPS) is 20.3. The minimum absolute atomic E-state index is 0.0176. The van der Waals surface area contributed by atoms with Crippen molar-refractivity contribution >= 4 is 44.1 Å². The zero-order valence-corrected chi connectivity index (χ0v) is 23.5. The topological polar surface area (TPSA) is 107 Å². The van der Waals surface area contributed by atoms with Crippen LogP contribution in [0.1, 0.15) is 77.1 Å². The highest BCUT2D eigenvalue weighted by Crippen LogP contribution is 2.39. The van der Waals surface area contributed by atoms with Crippen LogP contribution in [-0.2, 0) is 27.8 Å². The van der Waals surface area contributed by atoms with Gasteiger partial charge in [-0.1, -0.05) is 6.42 Å². The van der Waals surface area contributed by atoms with Crippen LogP contribution in [0, 0.1) is 0 Å². The highest BCUT2D eigenvalue weighted by molar-refractivity contribution is 7.89. The summed E-state index contributed by atoms with van der Waals surface area (Å²) in [5, 5.41) is 3.42. The Kier molecular flexibility index (Phi) is 7.61. The summed E-state index contributed by atoms with van der Waals surface area (Å²) in [5.41, 5.74) is 1.76. The lowest BCUT2D eigenvalue weighted by Crippen LogP contribution is -2.41. The molecule has 0 saturated carbocycles. The number of rotatable bonds is 5. The van der Waals surface area contributed by atoms with Crippen molar-refractivity contribution in [1.82, 2.24) is 14.1 Å². The van der Waals surface area contributed by atoms with Gasteiger partial charge in [0.05, 0.1) is 17.0 Å². The van der Waals surface area contributed by atoms with Crippen LogP contribution in [0.5, 0.6) is 0 Å². The zero-order chi connectivity index (χ0) is 27.0. The highest BCUT2D eigenvalue weighted by Gasteiger charge is 2.33. The fourth-order valence-corrected chi connectivity index (χ4v) is 8.53. The van der Waals surface area contributed by atoms with Gasteiger partial charge in [0.1, 0.15) is 5.00 Å². The average molecular weight is 559 g/mol. The summed E-state index contributed by atoms with van der Waals surface area (Å²) < 4.78 is 27.9. The molecule has 1 atom stereocenters. The first-order chi connectivity index (χ1) is 18.2. The highest BCUT2D eigenvalue weighted by atomic mass is 32.2. The predicted octanol–water partition coefficient (Wildman–Crippen LogP) is 3.70. The molecule has 0 spiro atoms. The summed E-state index contributed by atoms with van der Waals surface area (Å²) >= 11 is 1.34. The molecule has 1 N–H and O–H groups in total. The van der Waals surface area contributed by atoms with Gasteiger partial charge in [0.15, 0.2) is 0 Å². The Labute approximate surface area is 227 Å². The van der Waals surface area contributed by atoms with E-state index in [-0.39, 0.29) is 22.8 Å². The number of fused-ring (bicyclic) bond motifs is 1. The zero-order valence-electron chi connectivity index (χ0n) is 21.9. The molecule has 2 saturated heterocycles. The number of carbonyl (C=O) groups is 3. The number of benzene rings is 1. The largest absolute Gasteiger partial charge is 0.339 e. The van der Waals surface area contributed by atoms with Gasteiger partial charge >= 0.3 is 0 Å². The van der Waals surface area contributed by atoms with E-state index >= 15 is 0 Å². The quantitative estimate of drug-likeness (QED) is 0.602. The number of amides is 3. The van der Waals surface area contributed by atoms with Crippen LogP contribution in [0.25, 0.3) is 0 Å². The number of anilines is 1. The summed E-state index contributed by atoms with van der Waals surface area (Å²) in [6.07, 6.45) is 5.20. The molecule has 11 heteroatoms. The average Bonchev–Trinajstić information content (AvgIpc) is 3.56. The van der Waals surface area contributed by atoms with Crippen LogP contribution in [-0.4, -0.2) is 72.5 Å². The maximum absolute atomic E-state index is 13.5. The third kappa shape index (κ3) is 5.11. The molecule has 0 bridgehead atoms. The minimum atomic E-state index is -3.63. The van der Waals surface area contributed by atoms with Crippen molar-refractivity contribution in [3.63, 3.8) is 0 Å². The monoisotopic (exact) mass is 558 g/mol. The molecule has 2 fully saturated rings. The Morgan fingerprint density at radius 3 is 2.29 bits per heavy atom. The first kappa shape index (κ1) is 26.8. The Bertz CT molecular complexity index is 1350. The lowest BCUT2D eigenvalue weighted by Gasteiger charge is -2.32. The van der Waals surface area contributed by atoms with Crippen LogP contribution in [0.4, 0.5) is 5.00 Å². The Morgan fingerprint density at radius 1 is 0.947 bits per heavy atom. The SMILES string of the molecule is CC(=O)N1CCc2c(sc(NC(=O)c3ccc(S(=O)(=O)N4CCCCC4C)cc3)c2C(=O)N2CCCC2)C1. The van der Waals surface area contributed by atoms with E-state index in [1.807, 2.05) is 11.8 Å². The molecule has 2 aromatic rings. The number of likely N-dealkylation sites (tertiary alicyclic amines) is 1. The fourth-order valence-electron chi connectivity index (χ4n) is 5.58. The number of nitrogens with zero attached hydrogens (tertiary/aromatic N) is 3. The summed E-state index contributed by atoms with van der Waals surface area (Å²) in [7, 11) is -3.63. The lowest BCUT2D eigenvalue weighted by atomic mass is 10.0. The molecule has 0 aliphatic carbocycles. The summed E-state index contributed by atoms with van der Waals surface area (Å²) in [6, 6.07) is 5.94. The van der Waals surface area contributed by atoms with E-state index in [1.54, 1.807) is 9.21 Å². The van der Waals surface area contributed by atoms with E-state index in [9.17, 15) is 22.8 Å². The number of carbonyl (C=O) groups excluding carboxylic acids is 3. The number of nitrogens with one attached hydrogen (secondary N) is 1. The van der Waals surface area contributed by atoms with Gasteiger partial charge in [-0.05, 0) is 68.9 Å². The van der Waals surface area contributed by atoms with Crippen molar-refractivity contribution in [1.29, 1.82) is 0 Å². The van der Waals surface area contributed by atoms with Gasteiger partial charge in [-0.25, -0.2) is 8.42 Å². The molecule has 9 nitrogen and oxygen atoms in total. The van der Waals surface area contributed by atoms with E-state index in [0.717, 1.165) is 42.5 Å². The van der Waals surface area contributed by atoms with Gasteiger partial charge in [-0.3, -0.25) is 14.4 Å². The van der Waals surface area contributed by atoms with E-state index < -0.39 is 15.9 Å². The molecule has 0 radical (unpaired) electrons. The second kappa shape index (κ2) is 10.8. The maximum atomic E-state index is 13.5. The van der Waals surface area contributed by atoms with Gasteiger partial charge in [-0.15, -0.1) is 11.3 Å². The maximum Gasteiger partial charge on any atom is 0.257 e. The summed E-state index contributed by atoms with van der Waals surface area (Å²) in [6.45, 7) is 6.32. The smallest absolute Gasteiger partial charge is 0.257 e. The molecule has 38 heavy (non-hydrogen) atoms. The van der Waals surface area contributed by atoms with Gasteiger partial charge in [0.25, 0.3) is 11.8 Å². The van der Waals surface area contributed by atoms with Crippen LogP contribution in [0.2, 0.25) is 0 Å². The van der Waals surface area contributed by atoms with Crippen molar-refractivity contribution in [3.8, 4) is 0 Å². The molecule has 3 amide bonds. The van der Waals surface area contributed by atoms with E-state index in [4.69, 9.17) is 0 Å². The van der Waals surface area contributed by atoms with Crippen LogP contribution < -0.4 is 5.32 Å². The molecule has 4 heterocycles. The Hall–Kier alpha value is -2.76. The summed E-state index contributed by atoms with van der Waals surface area (Å²) in [5.74, 6) is -0.502. The number of hydrogen-bond donors (Lipinski definition) is 1. The molecular formula is C27H34N4O5S2. The van der Waals surface area contributed by atoms with Crippen LogP contribution >= 0.6 is 11.3 Å². The fraction of sp³-hybridized carbons (Fsp3) is 0.519. The van der Waals surface area contributed by atoms with E-state index in [1.165, 1.54) is 42.5 Å². The van der Waals surface area contributed by atoms with E-state index in [0.29, 0.717) is 55.3 Å². The van der Waals surface area contributed by atoms with Gasteiger partial charge in [0.2, 0.25) is 15.9 Å². The molecule has 5 rings (SSSR count). The van der Waals surface area contributed by atoms with Crippen molar-refractivity contribution in [2.24, 2.45) is 0 Å². The van der Waals surface area contributed by atoms with Crippen LogP contribution in [0.15, 0.2) is 29.2 Å². The van der Waals surface area contributed by atoms with Crippen molar-refractivity contribution < 1.29 is 22.8 Å². The number of piperidine rings is 1. The van der Waals surface area contributed by atoms with Gasteiger partial charge in [-0.2, -0.15) is 4.31 Å². The second-order valence-corrected chi connectivity index (χ2v) is 13.3. The molecule has 1 aromatic carbocycles. The molecule has 3 aliphatic rings. The van der Waals surface area contributed by atoms with E-state index in [2.05, 4.69) is 5.32 Å². The standard InChI is InChI=1S/C27H34N4O5S2/c1-18-7-3-4-15-31(18)38(35,36)21-10-8-20(9-11-21)25(33)28-26-24(27(34)29-13-5-6-14-29)22-12-16-30(19(2)32)17-23(22)37-26/h8-11,18H,3-7,12-17H2,1-2H3,(H,28,33). The van der Waals surface area contributed by atoms with Gasteiger partial charge in [0, 0.05) is 49.6 Å². The first-order valence-corrected chi connectivity index (χ1v) is 15.5. The predicted molar refractivity (Wildman–Crippen MR) is 146 cm³/mol. The van der Waals surface area contributed by atoms with Crippen LogP contribution in [0.3, 0.4) is 0 Å².